The SMILES string of the molecule is CC(C)C(NC(=O)c1cccc(N2NC(=O)C3CC=CCC3C2=O)c1)c1cccc(C(F)(F)F)c1. The topological polar surface area (TPSA) is 78.5 Å². The van der Waals surface area contributed by atoms with Gasteiger partial charge in [0, 0.05) is 5.56 Å². The molecule has 1 heterocycles. The van der Waals surface area contributed by atoms with Crippen LogP contribution < -0.4 is 15.8 Å². The van der Waals surface area contributed by atoms with Crippen LogP contribution in [0.1, 0.15) is 54.2 Å². The Hall–Kier alpha value is -3.62. The zero-order chi connectivity index (χ0) is 25.3. The van der Waals surface area contributed by atoms with Gasteiger partial charge in [0.25, 0.3) is 5.91 Å². The number of anilines is 1. The van der Waals surface area contributed by atoms with Gasteiger partial charge in [-0.2, -0.15) is 13.2 Å². The molecule has 6 nitrogen and oxygen atoms in total. The molecule has 1 fully saturated rings. The van der Waals surface area contributed by atoms with Gasteiger partial charge < -0.3 is 5.32 Å². The number of nitrogens with zero attached hydrogens (tertiary/aromatic N) is 1. The van der Waals surface area contributed by atoms with Crippen LogP contribution in [0.25, 0.3) is 0 Å². The van der Waals surface area contributed by atoms with Crippen LogP contribution in [-0.2, 0) is 15.8 Å². The van der Waals surface area contributed by atoms with Gasteiger partial charge in [-0.15, -0.1) is 0 Å². The summed E-state index contributed by atoms with van der Waals surface area (Å²) >= 11 is 0. The fourth-order valence-corrected chi connectivity index (χ4v) is 4.54. The van der Waals surface area contributed by atoms with E-state index in [1.165, 1.54) is 17.1 Å². The quantitative estimate of drug-likeness (QED) is 0.598. The van der Waals surface area contributed by atoms with E-state index in [1.54, 1.807) is 38.1 Å². The summed E-state index contributed by atoms with van der Waals surface area (Å²) in [4.78, 5) is 38.7. The molecular formula is C26H26F3N3O3. The molecule has 3 amide bonds. The lowest BCUT2D eigenvalue weighted by Crippen LogP contribution is -2.59. The molecule has 1 aliphatic heterocycles. The summed E-state index contributed by atoms with van der Waals surface area (Å²) in [5.41, 5.74) is 2.74. The van der Waals surface area contributed by atoms with Crippen molar-refractivity contribution < 1.29 is 27.6 Å². The molecule has 4 rings (SSSR count). The van der Waals surface area contributed by atoms with E-state index in [2.05, 4.69) is 10.7 Å². The van der Waals surface area contributed by atoms with Crippen molar-refractivity contribution in [2.45, 2.75) is 38.9 Å². The lowest BCUT2D eigenvalue weighted by atomic mass is 9.80. The Balaban J connectivity index is 1.56. The highest BCUT2D eigenvalue weighted by atomic mass is 19.4. The summed E-state index contributed by atoms with van der Waals surface area (Å²) in [7, 11) is 0. The number of amides is 3. The minimum Gasteiger partial charge on any atom is -0.345 e. The lowest BCUT2D eigenvalue weighted by molar-refractivity contribution is -0.140. The first-order chi connectivity index (χ1) is 16.6. The largest absolute Gasteiger partial charge is 0.416 e. The number of alkyl halides is 3. The van der Waals surface area contributed by atoms with Gasteiger partial charge in [-0.1, -0.05) is 44.2 Å². The molecule has 35 heavy (non-hydrogen) atoms. The lowest BCUT2D eigenvalue weighted by Gasteiger charge is -2.38. The molecule has 3 unspecified atom stereocenters. The van der Waals surface area contributed by atoms with Crippen LogP contribution >= 0.6 is 0 Å². The maximum absolute atomic E-state index is 13.2. The van der Waals surface area contributed by atoms with E-state index in [1.807, 2.05) is 12.2 Å². The monoisotopic (exact) mass is 485 g/mol. The van der Waals surface area contributed by atoms with Crippen molar-refractivity contribution in [3.05, 3.63) is 77.4 Å². The van der Waals surface area contributed by atoms with Crippen LogP contribution in [0.4, 0.5) is 18.9 Å². The smallest absolute Gasteiger partial charge is 0.345 e. The van der Waals surface area contributed by atoms with Gasteiger partial charge in [-0.05, 0) is 54.7 Å². The van der Waals surface area contributed by atoms with Crippen LogP contribution in [0.2, 0.25) is 0 Å². The summed E-state index contributed by atoms with van der Waals surface area (Å²) in [5.74, 6) is -2.06. The summed E-state index contributed by atoms with van der Waals surface area (Å²) in [5, 5.41) is 3.99. The Labute approximate surface area is 201 Å². The predicted octanol–water partition coefficient (Wildman–Crippen LogP) is 4.79. The van der Waals surface area contributed by atoms with Crippen molar-refractivity contribution in [2.75, 3.05) is 5.01 Å². The number of hydrazine groups is 1. The molecule has 2 aromatic carbocycles. The molecule has 1 aliphatic carbocycles. The molecule has 184 valence electrons. The van der Waals surface area contributed by atoms with Gasteiger partial charge in [0.1, 0.15) is 0 Å². The molecular weight excluding hydrogens is 459 g/mol. The van der Waals surface area contributed by atoms with E-state index in [0.29, 0.717) is 24.1 Å². The summed E-state index contributed by atoms with van der Waals surface area (Å²) in [6, 6.07) is 10.5. The number of allylic oxidation sites excluding steroid dienone is 2. The fourth-order valence-electron chi connectivity index (χ4n) is 4.54. The summed E-state index contributed by atoms with van der Waals surface area (Å²) in [6.45, 7) is 3.61. The van der Waals surface area contributed by atoms with Crippen molar-refractivity contribution in [2.24, 2.45) is 17.8 Å². The number of rotatable bonds is 5. The highest BCUT2D eigenvalue weighted by Gasteiger charge is 2.42. The van der Waals surface area contributed by atoms with E-state index >= 15 is 0 Å². The molecule has 3 atom stereocenters. The third kappa shape index (κ3) is 5.08. The average Bonchev–Trinajstić information content (AvgIpc) is 2.84. The van der Waals surface area contributed by atoms with Gasteiger partial charge >= 0.3 is 6.18 Å². The highest BCUT2D eigenvalue weighted by molar-refractivity contribution is 6.05. The molecule has 1 saturated heterocycles. The molecule has 9 heteroatoms. The first kappa shape index (κ1) is 24.5. The Morgan fingerprint density at radius 2 is 1.71 bits per heavy atom. The van der Waals surface area contributed by atoms with Gasteiger partial charge in [0.15, 0.2) is 0 Å². The molecule has 0 aromatic heterocycles. The van der Waals surface area contributed by atoms with Crippen LogP contribution in [0.3, 0.4) is 0 Å². The maximum atomic E-state index is 13.2. The van der Waals surface area contributed by atoms with Crippen LogP contribution in [0.15, 0.2) is 60.7 Å². The van der Waals surface area contributed by atoms with Crippen LogP contribution in [-0.4, -0.2) is 17.7 Å². The van der Waals surface area contributed by atoms with Crippen LogP contribution in [0, 0.1) is 17.8 Å². The molecule has 0 bridgehead atoms. The second-order valence-electron chi connectivity index (χ2n) is 9.17. The number of hydrogen-bond acceptors (Lipinski definition) is 3. The summed E-state index contributed by atoms with van der Waals surface area (Å²) < 4.78 is 39.6. The normalized spacial score (nSPS) is 20.9. The Morgan fingerprint density at radius 1 is 1.03 bits per heavy atom. The minimum atomic E-state index is -4.49. The number of halogens is 3. The van der Waals surface area contributed by atoms with Gasteiger partial charge in [-0.25, -0.2) is 5.01 Å². The van der Waals surface area contributed by atoms with E-state index in [9.17, 15) is 27.6 Å². The molecule has 0 spiro atoms. The first-order valence-corrected chi connectivity index (χ1v) is 11.4. The van der Waals surface area contributed by atoms with Crippen molar-refractivity contribution >= 4 is 23.4 Å². The number of fused-ring (bicyclic) bond motifs is 1. The number of nitrogens with one attached hydrogen (secondary N) is 2. The third-order valence-electron chi connectivity index (χ3n) is 6.42. The highest BCUT2D eigenvalue weighted by Crippen LogP contribution is 2.34. The Morgan fingerprint density at radius 3 is 2.40 bits per heavy atom. The van der Waals surface area contributed by atoms with Gasteiger partial charge in [-0.3, -0.25) is 19.8 Å². The first-order valence-electron chi connectivity index (χ1n) is 11.4. The number of carbonyl (C=O) groups excluding carboxylic acids is 3. The Kier molecular flexibility index (Phi) is 6.69. The average molecular weight is 486 g/mol. The van der Waals surface area contributed by atoms with Crippen LogP contribution in [0.5, 0.6) is 0 Å². The molecule has 0 saturated carbocycles. The van der Waals surface area contributed by atoms with E-state index < -0.39 is 35.5 Å². The fraction of sp³-hybridized carbons (Fsp3) is 0.346. The third-order valence-corrected chi connectivity index (χ3v) is 6.42. The number of hydrogen-bond donors (Lipinski definition) is 2. The van der Waals surface area contributed by atoms with Crippen molar-refractivity contribution in [3.8, 4) is 0 Å². The van der Waals surface area contributed by atoms with Crippen molar-refractivity contribution in [1.82, 2.24) is 10.7 Å². The zero-order valence-corrected chi connectivity index (χ0v) is 19.3. The Bertz CT molecular complexity index is 1180. The maximum Gasteiger partial charge on any atom is 0.416 e. The standard InChI is InChI=1S/C26H26F3N3O3/c1-15(2)22(16-7-5-9-18(13-16)26(27,28)29)30-23(33)17-8-6-10-19(14-17)32-25(35)21-12-4-3-11-20(21)24(34)31-32/h3-10,13-15,20-22H,11-12H2,1-2H3,(H,30,33)(H,31,34). The van der Waals surface area contributed by atoms with Crippen molar-refractivity contribution in [3.63, 3.8) is 0 Å². The molecule has 2 N–H and O–H groups in total. The van der Waals surface area contributed by atoms with Gasteiger partial charge in [0.2, 0.25) is 11.8 Å². The number of carbonyl (C=O) groups is 3. The minimum absolute atomic E-state index is 0.190. The molecule has 0 radical (unpaired) electrons. The summed E-state index contributed by atoms with van der Waals surface area (Å²) in [6.07, 6.45) is 0.267. The molecule has 2 aromatic rings. The molecule has 2 aliphatic rings. The number of benzene rings is 2. The predicted molar refractivity (Wildman–Crippen MR) is 124 cm³/mol. The second kappa shape index (κ2) is 9.56. The second-order valence-corrected chi connectivity index (χ2v) is 9.17. The van der Waals surface area contributed by atoms with E-state index in [-0.39, 0.29) is 23.3 Å². The van der Waals surface area contributed by atoms with Gasteiger partial charge in [0.05, 0.1) is 29.1 Å². The van der Waals surface area contributed by atoms with Crippen molar-refractivity contribution in [1.29, 1.82) is 0 Å². The van der Waals surface area contributed by atoms with E-state index in [4.69, 9.17) is 0 Å². The van der Waals surface area contributed by atoms with E-state index in [0.717, 1.165) is 12.1 Å². The zero-order valence-electron chi connectivity index (χ0n) is 19.3.